The fourth-order valence-electron chi connectivity index (χ4n) is 16.4. The van der Waals surface area contributed by atoms with Gasteiger partial charge in [-0.2, -0.15) is 0 Å². The molecular weight excluding hydrogens is 1780 g/mol. The molecule has 12 amide bonds. The van der Waals surface area contributed by atoms with Crippen molar-refractivity contribution in [3.63, 3.8) is 0 Å². The van der Waals surface area contributed by atoms with Crippen LogP contribution in [0.2, 0.25) is 0 Å². The summed E-state index contributed by atoms with van der Waals surface area (Å²) in [5.41, 5.74) is 1.51. The first-order chi connectivity index (χ1) is 65.2. The Morgan fingerprint density at radius 3 is 1.07 bits per heavy atom. The lowest BCUT2D eigenvalue weighted by atomic mass is 9.81. The summed E-state index contributed by atoms with van der Waals surface area (Å²) >= 11 is 0. The van der Waals surface area contributed by atoms with Crippen LogP contribution in [0.25, 0.3) is 21.5 Å². The van der Waals surface area contributed by atoms with Gasteiger partial charge in [0.2, 0.25) is 47.3 Å². The lowest BCUT2D eigenvalue weighted by Gasteiger charge is -2.33. The van der Waals surface area contributed by atoms with Crippen molar-refractivity contribution in [2.75, 3.05) is 112 Å². The third-order valence-corrected chi connectivity index (χ3v) is 24.3. The molecule has 2 saturated carbocycles. The van der Waals surface area contributed by atoms with E-state index in [2.05, 4.69) is 63.8 Å². The smallest absolute Gasteiger partial charge is 0.326 e. The highest BCUT2D eigenvalue weighted by Crippen LogP contribution is 2.31. The number of carbonyl (C=O) groups excluding carboxylic acids is 12. The average Bonchev–Trinajstić information content (AvgIpc) is 0.831. The number of carbonyl (C=O) groups is 19. The molecule has 0 radical (unpaired) electrons. The van der Waals surface area contributed by atoms with Gasteiger partial charge in [0.25, 0.3) is 12.9 Å². The van der Waals surface area contributed by atoms with Crippen molar-refractivity contribution in [2.45, 2.75) is 203 Å². The van der Waals surface area contributed by atoms with Crippen LogP contribution in [0.1, 0.15) is 159 Å². The highest BCUT2D eigenvalue weighted by Gasteiger charge is 2.35. The molecule has 1 aliphatic heterocycles. The molecule has 3 fully saturated rings. The number of fused-ring (bicyclic) bond motifs is 2. The molecule has 2 aliphatic carbocycles. The van der Waals surface area contributed by atoms with Gasteiger partial charge in [-0.25, -0.2) is 28.8 Å². The van der Waals surface area contributed by atoms with Crippen molar-refractivity contribution < 1.29 is 136 Å². The summed E-state index contributed by atoms with van der Waals surface area (Å²) in [6, 6.07) is 15.0. The number of nitrogens with one attached hydrogen (secondary N) is 12. The van der Waals surface area contributed by atoms with E-state index in [0.717, 1.165) is 32.7 Å². The molecule has 4 aromatic carbocycles. The molecule has 44 nitrogen and oxygen atoms in total. The van der Waals surface area contributed by atoms with E-state index < -0.39 is 163 Å². The first-order valence-electron chi connectivity index (χ1n) is 46.1. The molecule has 44 heteroatoms. The van der Waals surface area contributed by atoms with Crippen molar-refractivity contribution >= 4 is 136 Å². The molecule has 19 N–H and O–H groups in total. The minimum Gasteiger partial charge on any atom is -0.481 e. The second-order valence-corrected chi connectivity index (χ2v) is 34.5. The zero-order valence-corrected chi connectivity index (χ0v) is 76.3. The monoisotopic (exact) mass is 1910 g/mol. The summed E-state index contributed by atoms with van der Waals surface area (Å²) in [5.74, 6) is -14.4. The van der Waals surface area contributed by atoms with Gasteiger partial charge in [0.1, 0.15) is 55.8 Å². The maximum Gasteiger partial charge on any atom is 0.326 e. The molecule has 0 spiro atoms. The fourth-order valence-corrected chi connectivity index (χ4v) is 16.4. The highest BCUT2D eigenvalue weighted by atomic mass is 16.5. The van der Waals surface area contributed by atoms with Gasteiger partial charge in [-0.15, -0.1) is 0 Å². The second-order valence-electron chi connectivity index (χ2n) is 34.5. The van der Waals surface area contributed by atoms with Gasteiger partial charge in [0.05, 0.1) is 13.1 Å². The number of hydrogen-bond donors (Lipinski definition) is 19. The van der Waals surface area contributed by atoms with Crippen LogP contribution in [0.5, 0.6) is 0 Å². The molecule has 1 saturated heterocycles. The summed E-state index contributed by atoms with van der Waals surface area (Å²) in [6.07, 6.45) is 2.64. The fraction of sp³-hybridized carbons (Fsp3) is 0.576. The van der Waals surface area contributed by atoms with E-state index in [1.165, 1.54) is 0 Å². The SMILES string of the molecule is O=COCN1CCN(COC=O)CCN(CC(=O)NCCCC[C@H](NC(=O)CCC(=O)NCC2CCC(C(=O)N[C@@H](Cc3ccc4ccccc4c3)C(=O)NCCCC[C@H](NC(=O)N[C@@H](CCC(=O)O)C(=O)O)C(=O)O)CC2)C(=O)NCC2CCC(C(=O)N[C@@H](Cc3ccc4ccccc4c3)C(=O)NCCCC[C@H](NC(=O)N[C@@H](CCC(=O)O)C(=O)O)C(=O)O)CC2)CCN(CC(=O)O)CC1. The van der Waals surface area contributed by atoms with E-state index in [9.17, 15) is 117 Å². The van der Waals surface area contributed by atoms with Crippen molar-refractivity contribution in [2.24, 2.45) is 23.7 Å². The van der Waals surface area contributed by atoms with E-state index in [4.69, 9.17) is 19.7 Å². The molecule has 0 bridgehead atoms. The van der Waals surface area contributed by atoms with Crippen LogP contribution in [0, 0.1) is 23.7 Å². The number of carboxylic acid groups (broad SMARTS) is 7. The normalized spacial score (nSPS) is 17.9. The number of rotatable bonds is 58. The number of nitrogens with zero attached hydrogens (tertiary/aromatic N) is 4. The minimum atomic E-state index is -1.60. The third kappa shape index (κ3) is 41.7. The maximum atomic E-state index is 14.4. The number of unbranched alkanes of at least 4 members (excludes halogenated alkanes) is 3. The van der Waals surface area contributed by atoms with Gasteiger partial charge < -0.3 is 109 Å². The van der Waals surface area contributed by atoms with Gasteiger partial charge in [-0.1, -0.05) is 84.9 Å². The van der Waals surface area contributed by atoms with Crippen LogP contribution in [0.3, 0.4) is 0 Å². The Morgan fingerprint density at radius 1 is 0.331 bits per heavy atom. The van der Waals surface area contributed by atoms with Crippen LogP contribution in [-0.4, -0.2) is 323 Å². The molecule has 136 heavy (non-hydrogen) atoms. The minimum absolute atomic E-state index is 0.0416. The lowest BCUT2D eigenvalue weighted by molar-refractivity contribution is -0.142. The Labute approximate surface area is 786 Å². The number of aliphatic carboxylic acids is 7. The summed E-state index contributed by atoms with van der Waals surface area (Å²) < 4.78 is 10.1. The lowest BCUT2D eigenvalue weighted by Crippen LogP contribution is -2.51. The topological polar surface area (TPSA) is 642 Å². The van der Waals surface area contributed by atoms with E-state index in [1.54, 1.807) is 4.90 Å². The molecule has 1 heterocycles. The molecule has 7 atom stereocenters. The Balaban J connectivity index is 0.929. The second kappa shape index (κ2) is 59.5. The predicted octanol–water partition coefficient (Wildman–Crippen LogP) is 1.43. The highest BCUT2D eigenvalue weighted by molar-refractivity contribution is 5.93. The van der Waals surface area contributed by atoms with E-state index in [1.807, 2.05) is 99.6 Å². The van der Waals surface area contributed by atoms with Gasteiger partial charge in [0.15, 0.2) is 0 Å². The molecule has 7 rings (SSSR count). The van der Waals surface area contributed by atoms with E-state index in [0.29, 0.717) is 116 Å². The zero-order valence-electron chi connectivity index (χ0n) is 76.3. The van der Waals surface area contributed by atoms with Crippen LogP contribution in [-0.2, 0) is 104 Å². The van der Waals surface area contributed by atoms with Gasteiger partial charge >= 0.3 is 53.8 Å². The quantitative estimate of drug-likeness (QED) is 0.0220. The van der Waals surface area contributed by atoms with Gasteiger partial charge in [-0.3, -0.25) is 81.9 Å². The van der Waals surface area contributed by atoms with Gasteiger partial charge in [-0.05, 0) is 167 Å². The number of amides is 12. The van der Waals surface area contributed by atoms with E-state index >= 15 is 0 Å². The van der Waals surface area contributed by atoms with Crippen LogP contribution < -0.4 is 63.8 Å². The molecular formula is C92H130N16O28. The molecule has 0 aromatic heterocycles. The summed E-state index contributed by atoms with van der Waals surface area (Å²) in [4.78, 5) is 248. The third-order valence-electron chi connectivity index (χ3n) is 24.3. The number of hydrogen-bond acceptors (Lipinski definition) is 25. The Hall–Kier alpha value is -13.2. The molecule has 4 aromatic rings. The number of benzene rings is 4. The number of carboxylic acids is 7. The predicted molar refractivity (Wildman–Crippen MR) is 488 cm³/mol. The molecule has 3 aliphatic rings. The van der Waals surface area contributed by atoms with Crippen molar-refractivity contribution in [1.82, 2.24) is 83.4 Å². The maximum absolute atomic E-state index is 14.4. The Bertz CT molecular complexity index is 4680. The standard InChI is InChI=1S/C92H130N16O28/c109-57-135-55-107-43-41-105(39-40-106(54-81(118)119)42-44-108(46-45-107)56-136-58-110)53-78(113)93-36-8-5-15-69(84(122)97-52-60-20-28-66(29-21-60)83(121)100-75(50-62-23-25-64-12-2-4-14-68(64)48-62)86(124)95-38-10-7-17-71(88(127)128)102-92(134)104-73(90(131)132)31-35-80(116)117)98-77(112)33-32-76(111)96-51-59-18-26-65(27-19-59)82(120)99-74(49-61-22-24-63-11-1-3-13-67(63)47-61)85(123)94-37-9-6-16-70(87(125)126)101-91(133)103-72(89(129)130)30-34-79(114)115/h1-4,11-14,22-25,47-48,57-60,65-66,69-75H,5-10,15-21,26-46,49-56H2,(H,93,113)(H,94,123)(H,95,124)(H,96,111)(H,97,122)(H,98,112)(H,99,120)(H,100,121)(H,114,115)(H,116,117)(H,118,119)(H,125,126)(H,127,128)(H,129,130)(H,131,132)(H2,101,103,133)(H2,102,104,134)/t59?,60?,65?,66?,69-,70-,71-,72-,73-,74-,75-/m0/s1. The largest absolute Gasteiger partial charge is 0.481 e. The van der Waals surface area contributed by atoms with Gasteiger partial charge in [0, 0.05) is 135 Å². The van der Waals surface area contributed by atoms with E-state index in [-0.39, 0.29) is 173 Å². The van der Waals surface area contributed by atoms with Crippen LogP contribution in [0.15, 0.2) is 84.9 Å². The summed E-state index contributed by atoms with van der Waals surface area (Å²) in [7, 11) is 0. The summed E-state index contributed by atoms with van der Waals surface area (Å²) in [6.45, 7) is 3.36. The molecule has 0 unspecified atom stereocenters. The summed E-state index contributed by atoms with van der Waals surface area (Å²) in [5, 5.41) is 102. The van der Waals surface area contributed by atoms with Crippen LogP contribution >= 0.6 is 0 Å². The number of ether oxygens (including phenoxy) is 2. The zero-order chi connectivity index (χ0) is 98.9. The molecule has 746 valence electrons. The Kier molecular flexibility index (Phi) is 48.0. The first kappa shape index (κ1) is 110. The first-order valence-corrected chi connectivity index (χ1v) is 46.1. The average molecular weight is 1910 g/mol. The van der Waals surface area contributed by atoms with Crippen molar-refractivity contribution in [3.05, 3.63) is 96.1 Å². The number of urea groups is 2. The van der Waals surface area contributed by atoms with Crippen molar-refractivity contribution in [3.8, 4) is 0 Å². The van der Waals surface area contributed by atoms with Crippen LogP contribution in [0.4, 0.5) is 9.59 Å². The van der Waals surface area contributed by atoms with Crippen molar-refractivity contribution in [1.29, 1.82) is 0 Å². The Morgan fingerprint density at radius 2 is 0.684 bits per heavy atom.